The maximum absolute atomic E-state index is 11.9. The largest absolute Gasteiger partial charge is 0.465 e. The van der Waals surface area contributed by atoms with E-state index >= 15 is 0 Å². The first-order valence-corrected chi connectivity index (χ1v) is 12.9. The monoisotopic (exact) mass is 548 g/mol. The molecule has 0 amide bonds. The second-order valence-corrected chi connectivity index (χ2v) is 11.0. The van der Waals surface area contributed by atoms with E-state index in [1.165, 1.54) is 24.3 Å². The van der Waals surface area contributed by atoms with Gasteiger partial charge in [0, 0.05) is 12.2 Å². The third-order valence-corrected chi connectivity index (χ3v) is 8.09. The maximum Gasteiger partial charge on any atom is 0.297 e. The summed E-state index contributed by atoms with van der Waals surface area (Å²) in [6.07, 6.45) is 2.68. The zero-order chi connectivity index (χ0) is 24.7. The smallest absolute Gasteiger partial charge is 0.297 e. The maximum atomic E-state index is 11.9. The van der Waals surface area contributed by atoms with Crippen molar-refractivity contribution in [2.45, 2.75) is 12.2 Å². The van der Waals surface area contributed by atoms with Gasteiger partial charge < -0.3 is 20.9 Å². The molecule has 2 unspecified atom stereocenters. The summed E-state index contributed by atoms with van der Waals surface area (Å²) in [6, 6.07) is 0. The van der Waals surface area contributed by atoms with E-state index in [4.69, 9.17) is 44.1 Å². The molecule has 0 aromatic heterocycles. The zero-order valence-electron chi connectivity index (χ0n) is 16.5. The van der Waals surface area contributed by atoms with E-state index in [9.17, 15) is 25.9 Å². The Balaban J connectivity index is 1.70. The number of nitrogens with two attached hydrogens (primary N) is 2. The Morgan fingerprint density at radius 1 is 0.735 bits per heavy atom. The van der Waals surface area contributed by atoms with Crippen LogP contribution in [-0.4, -0.2) is 49.6 Å². The second-order valence-electron chi connectivity index (χ2n) is 7.45. The van der Waals surface area contributed by atoms with Crippen LogP contribution in [-0.2, 0) is 20.2 Å². The number of rotatable bonds is 2. The Labute approximate surface area is 202 Å². The lowest BCUT2D eigenvalue weighted by Gasteiger charge is -2.28. The predicted molar refractivity (Wildman–Crippen MR) is 120 cm³/mol. The van der Waals surface area contributed by atoms with Crippen molar-refractivity contribution in [1.82, 2.24) is 0 Å². The Kier molecular flexibility index (Phi) is 4.92. The summed E-state index contributed by atoms with van der Waals surface area (Å²) in [7, 11) is -9.48. The number of allylic oxidation sites excluding steroid dienone is 2. The van der Waals surface area contributed by atoms with Crippen LogP contribution in [0.4, 0.5) is 11.4 Å². The predicted octanol–water partition coefficient (Wildman–Crippen LogP) is -1.92. The quantitative estimate of drug-likeness (QED) is 0.225. The minimum Gasteiger partial charge on any atom is -0.465 e. The Morgan fingerprint density at radius 3 is 1.41 bits per heavy atom. The molecular formula is C18H14Cl2N4O8S2+2. The fraction of sp³-hybridized carbons (Fsp3) is 0.111. The first-order chi connectivity index (χ1) is 15.8. The fourth-order valence-electron chi connectivity index (χ4n) is 3.92. The van der Waals surface area contributed by atoms with Crippen molar-refractivity contribution in [2.75, 3.05) is 0 Å². The van der Waals surface area contributed by atoms with E-state index in [2.05, 4.69) is 9.98 Å². The van der Waals surface area contributed by atoms with Crippen molar-refractivity contribution in [3.05, 3.63) is 55.6 Å². The molecule has 178 valence electrons. The highest BCUT2D eigenvalue weighted by Crippen LogP contribution is 2.50. The number of fused-ring (bicyclic) bond motifs is 4. The lowest BCUT2D eigenvalue weighted by molar-refractivity contribution is -0.369. The molecule has 0 bridgehead atoms. The minimum atomic E-state index is -4.74. The lowest BCUT2D eigenvalue weighted by Crippen LogP contribution is -2.74. The number of benzene rings is 1. The van der Waals surface area contributed by atoms with Crippen molar-refractivity contribution in [1.29, 1.82) is 0 Å². The highest BCUT2D eigenvalue weighted by Gasteiger charge is 2.48. The number of nitrogens with one attached hydrogen (secondary N) is 2. The molecule has 2 aliphatic heterocycles. The van der Waals surface area contributed by atoms with E-state index in [1.54, 1.807) is 0 Å². The molecule has 8 N–H and O–H groups in total. The van der Waals surface area contributed by atoms with Crippen LogP contribution in [0.15, 0.2) is 45.5 Å². The van der Waals surface area contributed by atoms with Crippen molar-refractivity contribution >= 4 is 66.2 Å². The van der Waals surface area contributed by atoms with Gasteiger partial charge in [-0.1, -0.05) is 23.2 Å². The number of ether oxygens (including phenoxy) is 2. The Hall–Kier alpha value is -2.88. The van der Waals surface area contributed by atoms with Crippen molar-refractivity contribution in [2.24, 2.45) is 11.5 Å². The van der Waals surface area contributed by atoms with Crippen LogP contribution in [0.5, 0.6) is 11.5 Å². The summed E-state index contributed by atoms with van der Waals surface area (Å²) in [5.41, 5.74) is 11.6. The van der Waals surface area contributed by atoms with Gasteiger partial charge in [-0.25, -0.2) is 9.98 Å². The molecule has 5 rings (SSSR count). The van der Waals surface area contributed by atoms with Gasteiger partial charge >= 0.3 is 0 Å². The van der Waals surface area contributed by atoms with E-state index in [1.807, 2.05) is 0 Å². The lowest BCUT2D eigenvalue weighted by atomic mass is 10.0. The normalized spacial score (nSPS) is 23.2. The third-order valence-electron chi connectivity index (χ3n) is 5.35. The summed E-state index contributed by atoms with van der Waals surface area (Å²) in [5.74, 6) is -0.160. The fourth-order valence-corrected chi connectivity index (χ4v) is 6.08. The van der Waals surface area contributed by atoms with E-state index in [-0.39, 0.29) is 55.7 Å². The van der Waals surface area contributed by atoms with Crippen LogP contribution in [0.3, 0.4) is 0 Å². The van der Waals surface area contributed by atoms with Crippen LogP contribution < -0.4 is 30.9 Å². The molecule has 12 nitrogen and oxygen atoms in total. The van der Waals surface area contributed by atoms with Gasteiger partial charge in [0.2, 0.25) is 35.1 Å². The summed E-state index contributed by atoms with van der Waals surface area (Å²) in [6.45, 7) is 0. The molecule has 1 aromatic carbocycles. The van der Waals surface area contributed by atoms with Gasteiger partial charge in [-0.3, -0.25) is 9.11 Å². The molecule has 4 aliphatic rings. The summed E-state index contributed by atoms with van der Waals surface area (Å²) >= 11 is 13.1. The zero-order valence-corrected chi connectivity index (χ0v) is 19.7. The summed E-state index contributed by atoms with van der Waals surface area (Å²) in [5, 5.41) is -0.196. The molecule has 2 heterocycles. The molecular weight excluding hydrogens is 535 g/mol. The molecule has 2 aliphatic carbocycles. The number of hydrogen-bond donors (Lipinski definition) is 6. The van der Waals surface area contributed by atoms with Gasteiger partial charge in [-0.15, -0.1) is 0 Å². The van der Waals surface area contributed by atoms with Crippen LogP contribution in [0.2, 0.25) is 10.0 Å². The van der Waals surface area contributed by atoms with E-state index < -0.39 is 42.3 Å². The van der Waals surface area contributed by atoms with Gasteiger partial charge in [-0.05, 0) is 12.2 Å². The van der Waals surface area contributed by atoms with Gasteiger partial charge in [0.05, 0.1) is 11.4 Å². The van der Waals surface area contributed by atoms with Gasteiger partial charge in [-0.2, -0.15) is 16.8 Å². The van der Waals surface area contributed by atoms with Crippen molar-refractivity contribution in [3.63, 3.8) is 0 Å². The van der Waals surface area contributed by atoms with E-state index in [0.29, 0.717) is 0 Å². The van der Waals surface area contributed by atoms with Gasteiger partial charge in [0.15, 0.2) is 10.0 Å². The Bertz CT molecular complexity index is 1480. The molecule has 0 saturated heterocycles. The summed E-state index contributed by atoms with van der Waals surface area (Å²) < 4.78 is 78.6. The van der Waals surface area contributed by atoms with Crippen LogP contribution >= 0.6 is 23.2 Å². The molecule has 0 fully saturated rings. The van der Waals surface area contributed by atoms with Crippen LogP contribution in [0.1, 0.15) is 0 Å². The second kappa shape index (κ2) is 7.31. The standard InChI is InChI=1S/C18H12Cl2N4O8S2/c19-9-11-15(31-13-7(23-11)3-1-5(21)17(13)33(25,26)27)10(20)12-16(9)32-14-8(24-12)4-2-6(22)18(14)34(28,29)30/h1-4,13-14H,21-22H2,(H,25,26,27)(H,28,29,30)/p+2. The minimum absolute atomic E-state index is 0.0802. The van der Waals surface area contributed by atoms with Gasteiger partial charge in [0.25, 0.3) is 31.6 Å². The average molecular weight is 549 g/mol. The third kappa shape index (κ3) is 3.33. The highest BCUT2D eigenvalue weighted by molar-refractivity contribution is 7.90. The van der Waals surface area contributed by atoms with E-state index in [0.717, 1.165) is 0 Å². The average Bonchev–Trinajstić information content (AvgIpc) is 2.73. The molecule has 1 aromatic rings. The topological polar surface area (TPSA) is 207 Å². The molecule has 16 heteroatoms. The van der Waals surface area contributed by atoms with Crippen LogP contribution in [0, 0.1) is 0 Å². The SMILES string of the molecule is NC1=C(S(=O)(=O)O)C2Oc3c(Cl)c4c(c(Cl)c3[NH+]=C2C=C1)OC1C(=[NH+]4)C=CC(N)=C1S(=O)(=O)O. The first kappa shape index (κ1) is 22.9. The van der Waals surface area contributed by atoms with Crippen molar-refractivity contribution in [3.8, 4) is 11.5 Å². The molecule has 0 saturated carbocycles. The number of hydrogen-bond acceptors (Lipinski definition) is 8. The molecule has 2 atom stereocenters. The number of halogens is 2. The molecule has 0 radical (unpaired) electrons. The van der Waals surface area contributed by atoms with Gasteiger partial charge in [0.1, 0.15) is 9.81 Å². The Morgan fingerprint density at radius 2 is 1.09 bits per heavy atom. The van der Waals surface area contributed by atoms with Crippen LogP contribution in [0.25, 0.3) is 0 Å². The van der Waals surface area contributed by atoms with Crippen molar-refractivity contribution < 1.29 is 45.4 Å². The molecule has 34 heavy (non-hydrogen) atoms. The first-order valence-electron chi connectivity index (χ1n) is 9.25. The summed E-state index contributed by atoms with van der Waals surface area (Å²) in [4.78, 5) is 4.62. The highest BCUT2D eigenvalue weighted by atomic mass is 35.5. The molecule has 0 spiro atoms.